The molecule has 13 rings (SSSR count). The maximum absolute atomic E-state index is 6.26. The molecular weight excluding hydrogens is 765 g/mol. The summed E-state index contributed by atoms with van der Waals surface area (Å²) in [5, 5.41) is 7.15. The van der Waals surface area contributed by atoms with E-state index in [1.807, 2.05) is 12.1 Å². The lowest BCUT2D eigenvalue weighted by molar-refractivity contribution is 0.669. The third-order valence-electron chi connectivity index (χ3n) is 12.9. The molecule has 0 fully saturated rings. The van der Waals surface area contributed by atoms with E-state index >= 15 is 0 Å². The minimum Gasteiger partial charge on any atom is -0.456 e. The van der Waals surface area contributed by atoms with Crippen LogP contribution in [0.1, 0.15) is 0 Å². The van der Waals surface area contributed by atoms with Gasteiger partial charge in [0.1, 0.15) is 11.2 Å². The van der Waals surface area contributed by atoms with Gasteiger partial charge in [0.2, 0.25) is 0 Å². The molecule has 0 saturated heterocycles. The third-order valence-corrected chi connectivity index (χ3v) is 12.9. The minimum absolute atomic E-state index is 0.894. The van der Waals surface area contributed by atoms with E-state index in [9.17, 15) is 0 Å². The van der Waals surface area contributed by atoms with Crippen LogP contribution in [0.4, 0.5) is 0 Å². The molecule has 0 amide bonds. The number of hydrogen-bond acceptors (Lipinski definition) is 1. The smallest absolute Gasteiger partial charge is 0.135 e. The van der Waals surface area contributed by atoms with Gasteiger partial charge in [-0.2, -0.15) is 0 Å². The van der Waals surface area contributed by atoms with Crippen LogP contribution in [-0.2, 0) is 0 Å². The lowest BCUT2D eigenvalue weighted by Crippen LogP contribution is -1.98. The van der Waals surface area contributed by atoms with E-state index in [1.165, 1.54) is 82.6 Å². The van der Waals surface area contributed by atoms with E-state index in [0.717, 1.165) is 38.8 Å². The van der Waals surface area contributed by atoms with Crippen LogP contribution in [0.15, 0.2) is 235 Å². The minimum atomic E-state index is 0.894. The quantitative estimate of drug-likeness (QED) is 0.164. The first kappa shape index (κ1) is 35.4. The summed E-state index contributed by atoms with van der Waals surface area (Å²) in [5.41, 5.74) is 18.3. The van der Waals surface area contributed by atoms with Gasteiger partial charge >= 0.3 is 0 Å². The first-order valence-corrected chi connectivity index (χ1v) is 21.6. The molecule has 3 heteroatoms. The van der Waals surface area contributed by atoms with Crippen molar-refractivity contribution in [3.63, 3.8) is 0 Å². The standard InChI is InChI=1S/C60H38N2O/c1-4-15-39(16-5-1)42-27-31-54(49(35-42)41-19-8-3-9-20-41)62-53-24-12-10-21-47(53)50-36-43(28-32-55(50)62)44-29-33-56-52(37-44)60-46(40-17-6-2-7-18-40)23-14-25-57(60)61(56)45-30-34-59-51(38-45)48-22-11-13-26-58(48)63-59/h1-38H. The molecule has 294 valence electrons. The normalized spacial score (nSPS) is 11.8. The van der Waals surface area contributed by atoms with Crippen LogP contribution in [0.25, 0.3) is 121 Å². The Hall–Kier alpha value is -8.40. The Morgan fingerprint density at radius 2 is 0.825 bits per heavy atom. The highest BCUT2D eigenvalue weighted by Crippen LogP contribution is 2.43. The maximum Gasteiger partial charge on any atom is 0.135 e. The molecule has 0 unspecified atom stereocenters. The number of aromatic nitrogens is 2. The average molecular weight is 803 g/mol. The maximum atomic E-state index is 6.26. The molecule has 0 aliphatic rings. The van der Waals surface area contributed by atoms with Crippen LogP contribution >= 0.6 is 0 Å². The predicted octanol–water partition coefficient (Wildman–Crippen LogP) is 16.4. The van der Waals surface area contributed by atoms with Crippen LogP contribution in [-0.4, -0.2) is 9.13 Å². The molecule has 63 heavy (non-hydrogen) atoms. The number of hydrogen-bond donors (Lipinski definition) is 0. The van der Waals surface area contributed by atoms with Gasteiger partial charge in [-0.3, -0.25) is 0 Å². The molecule has 0 atom stereocenters. The van der Waals surface area contributed by atoms with Crippen LogP contribution in [0.3, 0.4) is 0 Å². The van der Waals surface area contributed by atoms with E-state index in [0.29, 0.717) is 0 Å². The van der Waals surface area contributed by atoms with Gasteiger partial charge < -0.3 is 13.6 Å². The van der Waals surface area contributed by atoms with Gasteiger partial charge in [0.05, 0.1) is 27.8 Å². The number of para-hydroxylation sites is 2. The Bertz CT molecular complexity index is 3890. The first-order valence-electron chi connectivity index (χ1n) is 21.6. The zero-order chi connectivity index (χ0) is 41.4. The highest BCUT2D eigenvalue weighted by atomic mass is 16.3. The number of nitrogens with zero attached hydrogens (tertiary/aromatic N) is 2. The first-order chi connectivity index (χ1) is 31.2. The number of fused-ring (bicyclic) bond motifs is 9. The molecule has 0 saturated carbocycles. The van der Waals surface area contributed by atoms with Crippen molar-refractivity contribution in [2.24, 2.45) is 0 Å². The molecular formula is C60H38N2O. The third kappa shape index (κ3) is 5.60. The van der Waals surface area contributed by atoms with Gasteiger partial charge in [0.15, 0.2) is 0 Å². The summed E-state index contributed by atoms with van der Waals surface area (Å²) in [6.45, 7) is 0. The Balaban J connectivity index is 1.02. The average Bonchev–Trinajstić information content (AvgIpc) is 4.01. The number of rotatable bonds is 6. The molecule has 0 radical (unpaired) electrons. The Morgan fingerprint density at radius 3 is 1.59 bits per heavy atom. The lowest BCUT2D eigenvalue weighted by atomic mass is 9.96. The highest BCUT2D eigenvalue weighted by molar-refractivity contribution is 6.17. The zero-order valence-electron chi connectivity index (χ0n) is 34.2. The molecule has 0 N–H and O–H groups in total. The zero-order valence-corrected chi connectivity index (χ0v) is 34.2. The molecule has 3 aromatic heterocycles. The SMILES string of the molecule is c1ccc(-c2ccc(-n3c4ccccc4c4cc(-c5ccc6c(c5)c5c(-c7ccccc7)cccc5n6-c5ccc6oc7ccccc7c6c5)ccc43)c(-c3ccccc3)c2)cc1. The molecule has 0 spiro atoms. The molecule has 0 aliphatic carbocycles. The van der Waals surface area contributed by atoms with Crippen molar-refractivity contribution in [3.05, 3.63) is 231 Å². The Morgan fingerprint density at radius 1 is 0.270 bits per heavy atom. The van der Waals surface area contributed by atoms with Crippen molar-refractivity contribution in [1.29, 1.82) is 0 Å². The van der Waals surface area contributed by atoms with Crippen molar-refractivity contribution in [2.45, 2.75) is 0 Å². The molecule has 0 aliphatic heterocycles. The van der Waals surface area contributed by atoms with Crippen molar-refractivity contribution in [2.75, 3.05) is 0 Å². The van der Waals surface area contributed by atoms with Crippen molar-refractivity contribution < 1.29 is 4.42 Å². The van der Waals surface area contributed by atoms with Gasteiger partial charge in [-0.15, -0.1) is 0 Å². The van der Waals surface area contributed by atoms with Gasteiger partial charge in [-0.05, 0) is 112 Å². The lowest BCUT2D eigenvalue weighted by Gasteiger charge is -2.16. The predicted molar refractivity (Wildman–Crippen MR) is 264 cm³/mol. The Labute approximate surface area is 363 Å². The van der Waals surface area contributed by atoms with E-state index in [2.05, 4.69) is 228 Å². The summed E-state index contributed by atoms with van der Waals surface area (Å²) in [4.78, 5) is 0. The fourth-order valence-corrected chi connectivity index (χ4v) is 10.0. The van der Waals surface area contributed by atoms with Crippen molar-refractivity contribution in [3.8, 4) is 55.9 Å². The number of furan rings is 1. The topological polar surface area (TPSA) is 23.0 Å². The molecule has 3 heterocycles. The Kier molecular flexibility index (Phi) is 7.91. The second kappa shape index (κ2) is 14.1. The second-order valence-electron chi connectivity index (χ2n) is 16.5. The van der Waals surface area contributed by atoms with Gasteiger partial charge in [0, 0.05) is 43.6 Å². The molecule has 3 nitrogen and oxygen atoms in total. The monoisotopic (exact) mass is 802 g/mol. The largest absolute Gasteiger partial charge is 0.456 e. The van der Waals surface area contributed by atoms with Gasteiger partial charge in [0.25, 0.3) is 0 Å². The molecule has 13 aromatic rings. The van der Waals surface area contributed by atoms with E-state index in [4.69, 9.17) is 4.42 Å². The molecule has 0 bridgehead atoms. The van der Waals surface area contributed by atoms with Crippen LogP contribution in [0, 0.1) is 0 Å². The van der Waals surface area contributed by atoms with Crippen molar-refractivity contribution in [1.82, 2.24) is 9.13 Å². The van der Waals surface area contributed by atoms with Gasteiger partial charge in [-0.1, -0.05) is 158 Å². The van der Waals surface area contributed by atoms with Crippen LogP contribution < -0.4 is 0 Å². The highest BCUT2D eigenvalue weighted by Gasteiger charge is 2.21. The summed E-state index contributed by atoms with van der Waals surface area (Å²) in [6, 6.07) is 83.6. The van der Waals surface area contributed by atoms with Gasteiger partial charge in [-0.25, -0.2) is 0 Å². The fourth-order valence-electron chi connectivity index (χ4n) is 10.0. The van der Waals surface area contributed by atoms with Crippen LogP contribution in [0.5, 0.6) is 0 Å². The van der Waals surface area contributed by atoms with E-state index in [-0.39, 0.29) is 0 Å². The van der Waals surface area contributed by atoms with E-state index < -0.39 is 0 Å². The summed E-state index contributed by atoms with van der Waals surface area (Å²) >= 11 is 0. The van der Waals surface area contributed by atoms with Crippen LogP contribution in [0.2, 0.25) is 0 Å². The van der Waals surface area contributed by atoms with Crippen molar-refractivity contribution >= 4 is 65.6 Å². The fraction of sp³-hybridized carbons (Fsp3) is 0. The molecule has 10 aromatic carbocycles. The summed E-state index contributed by atoms with van der Waals surface area (Å²) in [6.07, 6.45) is 0. The number of benzene rings is 10. The summed E-state index contributed by atoms with van der Waals surface area (Å²) in [5.74, 6) is 0. The summed E-state index contributed by atoms with van der Waals surface area (Å²) in [7, 11) is 0. The summed E-state index contributed by atoms with van der Waals surface area (Å²) < 4.78 is 11.1. The van der Waals surface area contributed by atoms with E-state index in [1.54, 1.807) is 0 Å². The second-order valence-corrected chi connectivity index (χ2v) is 16.5.